The van der Waals surface area contributed by atoms with Crippen LogP contribution in [-0.2, 0) is 0 Å². The molecule has 128 valence electrons. The number of amides is 1. The Morgan fingerprint density at radius 1 is 1.28 bits per heavy atom. The molecule has 1 amide bonds. The predicted molar refractivity (Wildman–Crippen MR) is 93.9 cm³/mol. The summed E-state index contributed by atoms with van der Waals surface area (Å²) in [6.45, 7) is 5.71. The van der Waals surface area contributed by atoms with E-state index in [0.717, 1.165) is 16.7 Å². The summed E-state index contributed by atoms with van der Waals surface area (Å²) in [5, 5.41) is 6.74. The Bertz CT molecular complexity index is 888. The molecule has 0 radical (unpaired) electrons. The zero-order valence-electron chi connectivity index (χ0n) is 14.5. The van der Waals surface area contributed by atoms with Crippen LogP contribution in [0.4, 0.5) is 0 Å². The Kier molecular flexibility index (Phi) is 4.88. The maximum Gasteiger partial charge on any atom is 0.251 e. The minimum atomic E-state index is -0.306. The number of carbonyl (C=O) groups is 1. The minimum absolute atomic E-state index is 0.170. The van der Waals surface area contributed by atoms with Crippen LogP contribution in [0.15, 0.2) is 47.2 Å². The maximum absolute atomic E-state index is 12.6. The zero-order valence-corrected chi connectivity index (χ0v) is 14.5. The van der Waals surface area contributed by atoms with Crippen LogP contribution in [0.3, 0.4) is 0 Å². The van der Waals surface area contributed by atoms with Gasteiger partial charge in [-0.05, 0) is 55.2 Å². The summed E-state index contributed by atoms with van der Waals surface area (Å²) in [5.74, 6) is 0.809. The molecule has 0 aliphatic heterocycles. The van der Waals surface area contributed by atoms with Crippen molar-refractivity contribution >= 4 is 5.91 Å². The summed E-state index contributed by atoms with van der Waals surface area (Å²) in [4.78, 5) is 21.0. The monoisotopic (exact) mass is 336 g/mol. The highest BCUT2D eigenvalue weighted by Gasteiger charge is 2.19. The van der Waals surface area contributed by atoms with Crippen molar-refractivity contribution in [3.05, 3.63) is 65.6 Å². The van der Waals surface area contributed by atoms with Crippen LogP contribution in [-0.4, -0.2) is 21.0 Å². The molecule has 3 aromatic rings. The van der Waals surface area contributed by atoms with E-state index >= 15 is 0 Å². The van der Waals surface area contributed by atoms with Gasteiger partial charge in [0.15, 0.2) is 5.82 Å². The second kappa shape index (κ2) is 7.25. The van der Waals surface area contributed by atoms with Crippen molar-refractivity contribution in [3.8, 4) is 11.1 Å². The number of aromatic nitrogens is 3. The molecule has 1 unspecified atom stereocenters. The Hall–Kier alpha value is -3.02. The number of benzene rings is 1. The molecule has 0 saturated carbocycles. The van der Waals surface area contributed by atoms with Crippen LogP contribution in [0.5, 0.6) is 0 Å². The van der Waals surface area contributed by atoms with Gasteiger partial charge in [-0.3, -0.25) is 9.78 Å². The topological polar surface area (TPSA) is 80.9 Å². The largest absolute Gasteiger partial charge is 0.340 e. The van der Waals surface area contributed by atoms with Crippen LogP contribution in [0, 0.1) is 13.8 Å². The molecule has 2 heterocycles. The number of carbonyl (C=O) groups excluding carboxylic acids is 1. The van der Waals surface area contributed by atoms with E-state index in [1.165, 1.54) is 0 Å². The molecule has 1 aromatic carbocycles. The van der Waals surface area contributed by atoms with Gasteiger partial charge in [0.2, 0.25) is 5.89 Å². The molecular weight excluding hydrogens is 316 g/mol. The van der Waals surface area contributed by atoms with Crippen molar-refractivity contribution in [3.63, 3.8) is 0 Å². The van der Waals surface area contributed by atoms with Gasteiger partial charge in [0, 0.05) is 18.0 Å². The van der Waals surface area contributed by atoms with Crippen molar-refractivity contribution < 1.29 is 9.32 Å². The van der Waals surface area contributed by atoms with E-state index < -0.39 is 0 Å². The van der Waals surface area contributed by atoms with E-state index in [4.69, 9.17) is 4.52 Å². The average Bonchev–Trinajstić information content (AvgIpc) is 3.06. The second-order valence-corrected chi connectivity index (χ2v) is 5.89. The number of aryl methyl sites for hydroxylation is 2. The standard InChI is InChI=1S/C19H20N4O2/c1-4-17(19-21-13(3)23-25-19)22-18(24)15-7-5-6-14(10-15)16-8-9-20-11-12(16)2/h5-11,17H,4H2,1-3H3,(H,22,24). The first kappa shape index (κ1) is 16.8. The summed E-state index contributed by atoms with van der Waals surface area (Å²) >= 11 is 0. The summed E-state index contributed by atoms with van der Waals surface area (Å²) < 4.78 is 5.18. The van der Waals surface area contributed by atoms with E-state index in [2.05, 4.69) is 20.4 Å². The molecule has 25 heavy (non-hydrogen) atoms. The molecule has 6 heteroatoms. The van der Waals surface area contributed by atoms with Gasteiger partial charge in [0.25, 0.3) is 5.91 Å². The lowest BCUT2D eigenvalue weighted by atomic mass is 10.0. The lowest BCUT2D eigenvalue weighted by molar-refractivity contribution is 0.0927. The molecule has 1 N–H and O–H groups in total. The van der Waals surface area contributed by atoms with E-state index in [9.17, 15) is 4.79 Å². The Balaban J connectivity index is 1.83. The van der Waals surface area contributed by atoms with Gasteiger partial charge in [-0.1, -0.05) is 24.2 Å². The van der Waals surface area contributed by atoms with Crippen LogP contribution >= 0.6 is 0 Å². The highest BCUT2D eigenvalue weighted by atomic mass is 16.5. The molecule has 1 atom stereocenters. The van der Waals surface area contributed by atoms with E-state index in [1.54, 1.807) is 19.2 Å². The fraction of sp³-hybridized carbons (Fsp3) is 0.263. The first-order valence-corrected chi connectivity index (χ1v) is 8.20. The fourth-order valence-electron chi connectivity index (χ4n) is 2.66. The minimum Gasteiger partial charge on any atom is -0.340 e. The molecule has 0 spiro atoms. The van der Waals surface area contributed by atoms with Crippen LogP contribution in [0.25, 0.3) is 11.1 Å². The third kappa shape index (κ3) is 3.74. The Labute approximate surface area is 146 Å². The number of nitrogens with one attached hydrogen (secondary N) is 1. The number of pyridine rings is 1. The molecular formula is C19H20N4O2. The van der Waals surface area contributed by atoms with Crippen molar-refractivity contribution in [1.29, 1.82) is 0 Å². The maximum atomic E-state index is 12.6. The highest BCUT2D eigenvalue weighted by molar-refractivity contribution is 5.95. The average molecular weight is 336 g/mol. The summed E-state index contributed by atoms with van der Waals surface area (Å²) in [7, 11) is 0. The number of rotatable bonds is 5. The molecule has 0 aliphatic carbocycles. The molecule has 3 rings (SSSR count). The molecule has 0 fully saturated rings. The lowest BCUT2D eigenvalue weighted by Crippen LogP contribution is -2.28. The van der Waals surface area contributed by atoms with Gasteiger partial charge in [0.1, 0.15) is 6.04 Å². The van der Waals surface area contributed by atoms with Gasteiger partial charge in [-0.2, -0.15) is 4.98 Å². The molecule has 2 aromatic heterocycles. The van der Waals surface area contributed by atoms with Gasteiger partial charge in [0.05, 0.1) is 0 Å². The molecule has 6 nitrogen and oxygen atoms in total. The Morgan fingerprint density at radius 2 is 2.12 bits per heavy atom. The third-order valence-corrected chi connectivity index (χ3v) is 4.01. The van der Waals surface area contributed by atoms with Crippen molar-refractivity contribution in [1.82, 2.24) is 20.4 Å². The molecule has 0 aliphatic rings. The fourth-order valence-corrected chi connectivity index (χ4v) is 2.66. The van der Waals surface area contributed by atoms with Crippen LogP contribution in [0.1, 0.15) is 47.0 Å². The first-order chi connectivity index (χ1) is 12.1. The SMILES string of the molecule is CCC(NC(=O)c1cccc(-c2ccncc2C)c1)c1nc(C)no1. The van der Waals surface area contributed by atoms with Crippen molar-refractivity contribution in [2.45, 2.75) is 33.2 Å². The predicted octanol–water partition coefficient (Wildman–Crippen LogP) is 3.63. The van der Waals surface area contributed by atoms with E-state index in [-0.39, 0.29) is 11.9 Å². The lowest BCUT2D eigenvalue weighted by Gasteiger charge is -2.13. The van der Waals surface area contributed by atoms with E-state index in [1.807, 2.05) is 44.3 Å². The summed E-state index contributed by atoms with van der Waals surface area (Å²) in [6.07, 6.45) is 4.23. The summed E-state index contributed by atoms with van der Waals surface area (Å²) in [6, 6.07) is 9.17. The van der Waals surface area contributed by atoms with Crippen molar-refractivity contribution in [2.75, 3.05) is 0 Å². The van der Waals surface area contributed by atoms with Gasteiger partial charge in [-0.25, -0.2) is 0 Å². The quantitative estimate of drug-likeness (QED) is 0.769. The smallest absolute Gasteiger partial charge is 0.251 e. The number of nitrogens with zero attached hydrogens (tertiary/aromatic N) is 3. The van der Waals surface area contributed by atoms with Gasteiger partial charge < -0.3 is 9.84 Å². The normalized spacial score (nSPS) is 12.0. The first-order valence-electron chi connectivity index (χ1n) is 8.20. The molecule has 0 bridgehead atoms. The molecule has 0 saturated heterocycles. The van der Waals surface area contributed by atoms with Gasteiger partial charge >= 0.3 is 0 Å². The Morgan fingerprint density at radius 3 is 2.80 bits per heavy atom. The number of hydrogen-bond donors (Lipinski definition) is 1. The third-order valence-electron chi connectivity index (χ3n) is 4.01. The van der Waals surface area contributed by atoms with E-state index in [0.29, 0.717) is 23.7 Å². The highest BCUT2D eigenvalue weighted by Crippen LogP contribution is 2.23. The van der Waals surface area contributed by atoms with Crippen LogP contribution in [0.2, 0.25) is 0 Å². The van der Waals surface area contributed by atoms with Crippen LogP contribution < -0.4 is 5.32 Å². The van der Waals surface area contributed by atoms with Crippen molar-refractivity contribution in [2.24, 2.45) is 0 Å². The zero-order chi connectivity index (χ0) is 17.8. The van der Waals surface area contributed by atoms with Gasteiger partial charge in [-0.15, -0.1) is 0 Å². The number of hydrogen-bond acceptors (Lipinski definition) is 5. The summed E-state index contributed by atoms with van der Waals surface area (Å²) in [5.41, 5.74) is 3.69. The second-order valence-electron chi connectivity index (χ2n) is 5.89.